The van der Waals surface area contributed by atoms with Gasteiger partial charge < -0.3 is 5.32 Å². The first kappa shape index (κ1) is 20.3. The quantitative estimate of drug-likeness (QED) is 0.436. The molecule has 4 aromatic rings. The maximum absolute atomic E-state index is 13.2. The van der Waals surface area contributed by atoms with E-state index in [1.54, 1.807) is 35.1 Å². The number of para-hydroxylation sites is 1. The molecule has 3 aromatic carbocycles. The second-order valence-electron chi connectivity index (χ2n) is 7.56. The fourth-order valence-corrected chi connectivity index (χ4v) is 3.34. The van der Waals surface area contributed by atoms with Crippen molar-refractivity contribution in [2.75, 3.05) is 5.32 Å². The van der Waals surface area contributed by atoms with Crippen LogP contribution in [0.15, 0.2) is 79.0 Å². The molecule has 0 saturated carbocycles. The highest BCUT2D eigenvalue weighted by Gasteiger charge is 2.19. The van der Waals surface area contributed by atoms with Crippen LogP contribution in [0.3, 0.4) is 0 Å². The molecule has 5 nitrogen and oxygen atoms in total. The van der Waals surface area contributed by atoms with Crippen molar-refractivity contribution >= 4 is 17.4 Å². The van der Waals surface area contributed by atoms with Gasteiger partial charge in [0.15, 0.2) is 5.78 Å². The van der Waals surface area contributed by atoms with Crippen molar-refractivity contribution in [2.24, 2.45) is 0 Å². The van der Waals surface area contributed by atoms with E-state index < -0.39 is 0 Å². The lowest BCUT2D eigenvalue weighted by atomic mass is 10.0. The van der Waals surface area contributed by atoms with Gasteiger partial charge in [0.2, 0.25) is 0 Å². The maximum Gasteiger partial charge on any atom is 0.259 e. The molecule has 1 heterocycles. The third kappa shape index (κ3) is 4.31. The monoisotopic (exact) mass is 409 g/mol. The van der Waals surface area contributed by atoms with Crippen molar-refractivity contribution in [1.82, 2.24) is 9.78 Å². The first-order chi connectivity index (χ1) is 14.9. The number of carbonyl (C=O) groups is 2. The second kappa shape index (κ2) is 8.40. The van der Waals surface area contributed by atoms with Gasteiger partial charge in [0.25, 0.3) is 5.91 Å². The number of ketones is 1. The van der Waals surface area contributed by atoms with Gasteiger partial charge in [-0.15, -0.1) is 0 Å². The Morgan fingerprint density at radius 1 is 0.871 bits per heavy atom. The van der Waals surface area contributed by atoms with Crippen molar-refractivity contribution < 1.29 is 9.59 Å². The topological polar surface area (TPSA) is 64.0 Å². The number of nitrogens with one attached hydrogen (secondary N) is 1. The Hall–Kier alpha value is -3.99. The summed E-state index contributed by atoms with van der Waals surface area (Å²) in [5.41, 5.74) is 6.39. The fraction of sp³-hybridized carbons (Fsp3) is 0.115. The van der Waals surface area contributed by atoms with Gasteiger partial charge in [-0.05, 0) is 74.4 Å². The summed E-state index contributed by atoms with van der Waals surface area (Å²) >= 11 is 0. The fourth-order valence-electron chi connectivity index (χ4n) is 3.34. The molecule has 154 valence electrons. The summed E-state index contributed by atoms with van der Waals surface area (Å²) in [4.78, 5) is 24.7. The average Bonchev–Trinajstić information content (AvgIpc) is 3.22. The Morgan fingerprint density at radius 3 is 2.23 bits per heavy atom. The minimum absolute atomic E-state index is 0.0148. The number of hydrogen-bond donors (Lipinski definition) is 1. The summed E-state index contributed by atoms with van der Waals surface area (Å²) in [6.45, 7) is 5.62. The number of carbonyl (C=O) groups excluding carboxylic acids is 2. The van der Waals surface area contributed by atoms with Crippen LogP contribution in [0.4, 0.5) is 5.69 Å². The smallest absolute Gasteiger partial charge is 0.259 e. The summed E-state index contributed by atoms with van der Waals surface area (Å²) in [5, 5.41) is 7.65. The van der Waals surface area contributed by atoms with Crippen LogP contribution < -0.4 is 5.32 Å². The number of Topliss-reactive ketones (excluding diaryl/α,β-unsaturated/α-hetero) is 1. The van der Waals surface area contributed by atoms with Crippen LogP contribution in [0, 0.1) is 13.8 Å². The number of rotatable bonds is 5. The molecule has 0 bridgehead atoms. The van der Waals surface area contributed by atoms with E-state index in [0.29, 0.717) is 22.5 Å². The van der Waals surface area contributed by atoms with Gasteiger partial charge in [-0.3, -0.25) is 9.59 Å². The molecule has 4 rings (SSSR count). The van der Waals surface area contributed by atoms with E-state index in [0.717, 1.165) is 16.8 Å². The van der Waals surface area contributed by atoms with Gasteiger partial charge in [0.05, 0.1) is 11.3 Å². The molecule has 1 amide bonds. The van der Waals surface area contributed by atoms with Gasteiger partial charge >= 0.3 is 0 Å². The van der Waals surface area contributed by atoms with Crippen LogP contribution >= 0.6 is 0 Å². The Balaban J connectivity index is 1.74. The molecule has 0 saturated heterocycles. The van der Waals surface area contributed by atoms with E-state index in [-0.39, 0.29) is 11.7 Å². The van der Waals surface area contributed by atoms with Crippen LogP contribution in [-0.4, -0.2) is 21.5 Å². The molecule has 1 N–H and O–H groups in total. The Morgan fingerprint density at radius 2 is 1.58 bits per heavy atom. The predicted molar refractivity (Wildman–Crippen MR) is 123 cm³/mol. The molecular weight excluding hydrogens is 386 g/mol. The van der Waals surface area contributed by atoms with Gasteiger partial charge in [0, 0.05) is 23.0 Å². The van der Waals surface area contributed by atoms with Crippen LogP contribution in [-0.2, 0) is 0 Å². The molecule has 0 fully saturated rings. The Labute approximate surface area is 181 Å². The lowest BCUT2D eigenvalue weighted by molar-refractivity contribution is 0.101. The molecule has 0 aliphatic heterocycles. The highest BCUT2D eigenvalue weighted by Crippen LogP contribution is 2.26. The third-order valence-corrected chi connectivity index (χ3v) is 5.31. The molecule has 0 aliphatic carbocycles. The lowest BCUT2D eigenvalue weighted by Crippen LogP contribution is -2.12. The highest BCUT2D eigenvalue weighted by molar-refractivity contribution is 6.08. The number of hydrogen-bond acceptors (Lipinski definition) is 3. The maximum atomic E-state index is 13.2. The third-order valence-electron chi connectivity index (χ3n) is 5.31. The zero-order valence-electron chi connectivity index (χ0n) is 17.7. The van der Waals surface area contributed by atoms with E-state index >= 15 is 0 Å². The molecule has 1 aromatic heterocycles. The summed E-state index contributed by atoms with van der Waals surface area (Å²) in [7, 11) is 0. The van der Waals surface area contributed by atoms with E-state index in [9.17, 15) is 9.59 Å². The molecule has 0 radical (unpaired) electrons. The number of aromatic nitrogens is 2. The first-order valence-electron chi connectivity index (χ1n) is 10.1. The number of nitrogens with zero attached hydrogens (tertiary/aromatic N) is 2. The Kier molecular flexibility index (Phi) is 5.50. The SMILES string of the molecule is CC(=O)c1ccc(NC(=O)c2cn(-c3ccccc3)nc2-c2ccc(C)c(C)c2)cc1. The zero-order valence-corrected chi connectivity index (χ0v) is 17.7. The second-order valence-corrected chi connectivity index (χ2v) is 7.56. The van der Waals surface area contributed by atoms with Crippen LogP contribution in [0.25, 0.3) is 16.9 Å². The largest absolute Gasteiger partial charge is 0.322 e. The molecular formula is C26H23N3O2. The molecule has 0 atom stereocenters. The van der Waals surface area contributed by atoms with Gasteiger partial charge in [0.1, 0.15) is 5.69 Å². The van der Waals surface area contributed by atoms with E-state index in [4.69, 9.17) is 5.10 Å². The van der Waals surface area contributed by atoms with Gasteiger partial charge in [-0.1, -0.05) is 30.3 Å². The molecule has 31 heavy (non-hydrogen) atoms. The summed E-state index contributed by atoms with van der Waals surface area (Å²) in [6.07, 6.45) is 1.75. The first-order valence-corrected chi connectivity index (χ1v) is 10.1. The standard InChI is InChI=1S/C26H23N3O2/c1-17-9-10-21(15-18(17)2)25-24(16-29(28-25)23-7-5-4-6-8-23)26(31)27-22-13-11-20(12-14-22)19(3)30/h4-16H,1-3H3,(H,27,31). The number of anilines is 1. The van der Waals surface area contributed by atoms with Gasteiger partial charge in [-0.2, -0.15) is 5.10 Å². The molecule has 0 spiro atoms. The molecule has 5 heteroatoms. The van der Waals surface area contributed by atoms with Crippen molar-refractivity contribution in [3.8, 4) is 16.9 Å². The molecule has 0 unspecified atom stereocenters. The minimum atomic E-state index is -0.258. The van der Waals surface area contributed by atoms with Crippen LogP contribution in [0.1, 0.15) is 38.8 Å². The van der Waals surface area contributed by atoms with Crippen molar-refractivity contribution in [1.29, 1.82) is 0 Å². The van der Waals surface area contributed by atoms with E-state index in [1.807, 2.05) is 55.5 Å². The number of amides is 1. The average molecular weight is 409 g/mol. The van der Waals surface area contributed by atoms with Crippen molar-refractivity contribution in [3.05, 3.63) is 101 Å². The molecule has 0 aliphatic rings. The zero-order chi connectivity index (χ0) is 22.0. The minimum Gasteiger partial charge on any atom is -0.322 e. The predicted octanol–water partition coefficient (Wildman–Crippen LogP) is 5.61. The summed E-state index contributed by atoms with van der Waals surface area (Å²) in [6, 6.07) is 22.6. The van der Waals surface area contributed by atoms with E-state index in [2.05, 4.69) is 12.2 Å². The van der Waals surface area contributed by atoms with E-state index in [1.165, 1.54) is 12.5 Å². The normalized spacial score (nSPS) is 10.7. The highest BCUT2D eigenvalue weighted by atomic mass is 16.1. The number of aryl methyl sites for hydroxylation is 2. The van der Waals surface area contributed by atoms with Crippen molar-refractivity contribution in [3.63, 3.8) is 0 Å². The van der Waals surface area contributed by atoms with Gasteiger partial charge in [-0.25, -0.2) is 4.68 Å². The summed E-state index contributed by atoms with van der Waals surface area (Å²) in [5.74, 6) is -0.273. The summed E-state index contributed by atoms with van der Waals surface area (Å²) < 4.78 is 1.72. The van der Waals surface area contributed by atoms with Crippen LogP contribution in [0.2, 0.25) is 0 Å². The number of benzene rings is 3. The van der Waals surface area contributed by atoms with Crippen LogP contribution in [0.5, 0.6) is 0 Å². The Bertz CT molecular complexity index is 1260. The van der Waals surface area contributed by atoms with Crippen molar-refractivity contribution in [2.45, 2.75) is 20.8 Å². The lowest BCUT2D eigenvalue weighted by Gasteiger charge is -2.07.